The van der Waals surface area contributed by atoms with Crippen molar-refractivity contribution in [1.29, 1.82) is 0 Å². The Labute approximate surface area is 151 Å². The molecule has 140 valence electrons. The van der Waals surface area contributed by atoms with E-state index < -0.39 is 31.2 Å². The molecule has 1 aliphatic heterocycles. The summed E-state index contributed by atoms with van der Waals surface area (Å²) >= 11 is 0. The maximum absolute atomic E-state index is 12.2. The van der Waals surface area contributed by atoms with E-state index in [0.717, 1.165) is 11.6 Å². The van der Waals surface area contributed by atoms with Gasteiger partial charge in [0.1, 0.15) is 18.1 Å². The molecule has 2 aromatic carbocycles. The molecule has 0 fully saturated rings. The molecule has 8 nitrogen and oxygen atoms in total. The summed E-state index contributed by atoms with van der Waals surface area (Å²) in [5, 5.41) is 0. The average Bonchev–Trinajstić information content (AvgIpc) is 2.59. The van der Waals surface area contributed by atoms with Crippen molar-refractivity contribution in [2.24, 2.45) is 0 Å². The summed E-state index contributed by atoms with van der Waals surface area (Å²) in [6.45, 7) is 1.41. The molecule has 26 heavy (non-hydrogen) atoms. The number of hydrogen-bond donors (Lipinski definition) is 1. The number of ether oxygens (including phenoxy) is 2. The quantitative estimate of drug-likeness (QED) is 0.596. The van der Waals surface area contributed by atoms with Gasteiger partial charge in [-0.2, -0.15) is 16.8 Å². The van der Waals surface area contributed by atoms with Crippen molar-refractivity contribution in [2.45, 2.75) is 22.8 Å². The highest BCUT2D eigenvalue weighted by Gasteiger charge is 2.29. The molecule has 1 N–H and O–H groups in total. The zero-order valence-corrected chi connectivity index (χ0v) is 15.3. The van der Waals surface area contributed by atoms with Crippen LogP contribution in [-0.2, 0) is 24.4 Å². The summed E-state index contributed by atoms with van der Waals surface area (Å²) in [4.78, 5) is -0.458. The first-order valence-corrected chi connectivity index (χ1v) is 10.4. The van der Waals surface area contributed by atoms with E-state index in [9.17, 15) is 21.4 Å². The second-order valence-corrected chi connectivity index (χ2v) is 8.67. The Hall–Kier alpha value is -2.14. The highest BCUT2D eigenvalue weighted by Crippen LogP contribution is 2.37. The van der Waals surface area contributed by atoms with E-state index in [4.69, 9.17) is 13.7 Å². The van der Waals surface area contributed by atoms with Gasteiger partial charge in [-0.15, -0.1) is 0 Å². The molecule has 1 atom stereocenters. The Morgan fingerprint density at radius 1 is 1.12 bits per heavy atom. The molecule has 0 saturated carbocycles. The Balaban J connectivity index is 1.75. The van der Waals surface area contributed by atoms with Crippen LogP contribution < -0.4 is 9.47 Å². The van der Waals surface area contributed by atoms with Gasteiger partial charge in [0.25, 0.3) is 20.2 Å². The molecule has 0 saturated heterocycles. The minimum atomic E-state index is -4.52. The lowest BCUT2D eigenvalue weighted by Crippen LogP contribution is -2.34. The van der Waals surface area contributed by atoms with Gasteiger partial charge in [-0.3, -0.25) is 8.74 Å². The van der Waals surface area contributed by atoms with Gasteiger partial charge in [0.05, 0.1) is 4.90 Å². The average molecular weight is 400 g/mol. The first-order valence-electron chi connectivity index (χ1n) is 7.53. The molecule has 1 aliphatic rings. The summed E-state index contributed by atoms with van der Waals surface area (Å²) in [5.74, 6) is -0.0413. The Bertz CT molecular complexity index is 1010. The van der Waals surface area contributed by atoms with E-state index in [1.807, 2.05) is 6.92 Å². The summed E-state index contributed by atoms with van der Waals surface area (Å²) in [6.07, 6.45) is -0.870. The number of rotatable bonds is 5. The predicted molar refractivity (Wildman–Crippen MR) is 90.5 cm³/mol. The summed E-state index contributed by atoms with van der Waals surface area (Å²) in [5.41, 5.74) is 0.905. The van der Waals surface area contributed by atoms with Crippen molar-refractivity contribution >= 4 is 20.2 Å². The topological polar surface area (TPSA) is 116 Å². The van der Waals surface area contributed by atoms with Crippen LogP contribution in [0.25, 0.3) is 0 Å². The van der Waals surface area contributed by atoms with E-state index in [1.54, 1.807) is 12.1 Å². The van der Waals surface area contributed by atoms with Crippen LogP contribution in [-0.4, -0.2) is 40.7 Å². The van der Waals surface area contributed by atoms with E-state index >= 15 is 0 Å². The Morgan fingerprint density at radius 3 is 2.46 bits per heavy atom. The van der Waals surface area contributed by atoms with Gasteiger partial charge in [-0.1, -0.05) is 23.8 Å². The van der Waals surface area contributed by atoms with Gasteiger partial charge in [0.2, 0.25) is 0 Å². The van der Waals surface area contributed by atoms with Crippen LogP contribution in [0.5, 0.6) is 11.5 Å². The van der Waals surface area contributed by atoms with Crippen molar-refractivity contribution < 1.29 is 35.0 Å². The minimum absolute atomic E-state index is 0.00106. The van der Waals surface area contributed by atoms with Crippen LogP contribution in [0.2, 0.25) is 0 Å². The van der Waals surface area contributed by atoms with Crippen LogP contribution in [0.15, 0.2) is 52.3 Å². The third-order valence-electron chi connectivity index (χ3n) is 3.65. The van der Waals surface area contributed by atoms with Crippen LogP contribution in [0.3, 0.4) is 0 Å². The summed E-state index contributed by atoms with van der Waals surface area (Å²) in [6, 6.07) is 10.2. The lowest BCUT2D eigenvalue weighted by atomic mass is 10.2. The fourth-order valence-corrected chi connectivity index (χ4v) is 3.90. The first-order chi connectivity index (χ1) is 12.2. The van der Waals surface area contributed by atoms with Gasteiger partial charge < -0.3 is 9.47 Å². The Morgan fingerprint density at radius 2 is 1.81 bits per heavy atom. The van der Waals surface area contributed by atoms with Crippen molar-refractivity contribution in [3.05, 3.63) is 48.0 Å². The zero-order valence-electron chi connectivity index (χ0n) is 13.7. The second-order valence-electron chi connectivity index (χ2n) is 5.66. The summed E-state index contributed by atoms with van der Waals surface area (Å²) < 4.78 is 72.4. The van der Waals surface area contributed by atoms with Crippen LogP contribution in [0, 0.1) is 6.92 Å². The Kier molecular flexibility index (Phi) is 4.93. The van der Waals surface area contributed by atoms with E-state index in [-0.39, 0.29) is 29.6 Å². The second kappa shape index (κ2) is 6.88. The van der Waals surface area contributed by atoms with E-state index in [1.165, 1.54) is 24.3 Å². The molecule has 0 amide bonds. The fraction of sp³-hybridized carbons (Fsp3) is 0.250. The predicted octanol–water partition coefficient (Wildman–Crippen LogP) is 1.79. The zero-order chi connectivity index (χ0) is 18.9. The van der Waals surface area contributed by atoms with Crippen LogP contribution in [0.4, 0.5) is 0 Å². The van der Waals surface area contributed by atoms with Crippen molar-refractivity contribution in [3.8, 4) is 11.5 Å². The molecular weight excluding hydrogens is 384 g/mol. The molecule has 0 spiro atoms. The number of benzene rings is 2. The molecule has 0 bridgehead atoms. The van der Waals surface area contributed by atoms with Gasteiger partial charge in [-0.25, -0.2) is 0 Å². The SMILES string of the molecule is Cc1ccc(S(=O)(=O)OCC2COc3cccc(S(=O)(=O)O)c3O2)cc1. The van der Waals surface area contributed by atoms with Gasteiger partial charge >= 0.3 is 0 Å². The van der Waals surface area contributed by atoms with Crippen molar-refractivity contribution in [2.75, 3.05) is 13.2 Å². The molecule has 1 heterocycles. The van der Waals surface area contributed by atoms with Crippen molar-refractivity contribution in [1.82, 2.24) is 0 Å². The van der Waals surface area contributed by atoms with Crippen LogP contribution >= 0.6 is 0 Å². The monoisotopic (exact) mass is 400 g/mol. The third kappa shape index (κ3) is 3.98. The number of hydrogen-bond acceptors (Lipinski definition) is 7. The fourth-order valence-electron chi connectivity index (χ4n) is 2.33. The standard InChI is InChI=1S/C16H16O8S2/c1-11-5-7-13(8-6-11)26(20,21)23-10-12-9-22-14-3-2-4-15(16(14)24-12)25(17,18)19/h2-8,12H,9-10H2,1H3,(H,17,18,19). The van der Waals surface area contributed by atoms with Gasteiger partial charge in [0, 0.05) is 0 Å². The molecule has 0 aliphatic carbocycles. The molecule has 0 radical (unpaired) electrons. The number of aryl methyl sites for hydroxylation is 1. The maximum atomic E-state index is 12.2. The van der Waals surface area contributed by atoms with E-state index in [2.05, 4.69) is 0 Å². The third-order valence-corrected chi connectivity index (χ3v) is 5.82. The normalized spacial score (nSPS) is 17.1. The largest absolute Gasteiger partial charge is 0.486 e. The van der Waals surface area contributed by atoms with Gasteiger partial charge in [0.15, 0.2) is 17.6 Å². The van der Waals surface area contributed by atoms with Crippen molar-refractivity contribution in [3.63, 3.8) is 0 Å². The number of para-hydroxylation sites is 1. The molecule has 3 rings (SSSR count). The molecule has 10 heteroatoms. The number of fused-ring (bicyclic) bond motifs is 1. The maximum Gasteiger partial charge on any atom is 0.298 e. The highest BCUT2D eigenvalue weighted by atomic mass is 32.2. The highest BCUT2D eigenvalue weighted by molar-refractivity contribution is 7.86. The molecule has 2 aromatic rings. The van der Waals surface area contributed by atoms with E-state index in [0.29, 0.717) is 0 Å². The van der Waals surface area contributed by atoms with Crippen LogP contribution in [0.1, 0.15) is 5.56 Å². The van der Waals surface area contributed by atoms with Gasteiger partial charge in [-0.05, 0) is 31.2 Å². The lowest BCUT2D eigenvalue weighted by molar-refractivity contribution is 0.0522. The smallest absolute Gasteiger partial charge is 0.298 e. The molecule has 0 aromatic heterocycles. The molecular formula is C16H16O8S2. The summed E-state index contributed by atoms with van der Waals surface area (Å²) in [7, 11) is -8.52. The molecule has 1 unspecified atom stereocenters. The first kappa shape index (κ1) is 18.6. The minimum Gasteiger partial charge on any atom is -0.486 e. The lowest BCUT2D eigenvalue weighted by Gasteiger charge is -2.27.